The van der Waals surface area contributed by atoms with Crippen molar-refractivity contribution in [2.45, 2.75) is 65.0 Å². The van der Waals surface area contributed by atoms with Crippen LogP contribution in [-0.2, 0) is 4.43 Å². The van der Waals surface area contributed by atoms with Gasteiger partial charge >= 0.3 is 0 Å². The lowest BCUT2D eigenvalue weighted by atomic mass is 10.2. The van der Waals surface area contributed by atoms with Crippen molar-refractivity contribution in [3.05, 3.63) is 30.3 Å². The Kier molecular flexibility index (Phi) is 8.31. The summed E-state index contributed by atoms with van der Waals surface area (Å²) in [7, 11) is -2.87. The Morgan fingerprint density at radius 1 is 1.04 bits per heavy atom. The molecule has 0 aliphatic rings. The molecule has 0 saturated carbocycles. The van der Waals surface area contributed by atoms with Gasteiger partial charge in [0.2, 0.25) is 0 Å². The first kappa shape index (κ1) is 22.0. The van der Waals surface area contributed by atoms with Crippen molar-refractivity contribution in [2.75, 3.05) is 18.1 Å². The molecule has 0 N–H and O–H groups in total. The minimum absolute atomic E-state index is 0.316. The zero-order valence-corrected chi connectivity index (χ0v) is 19.9. The van der Waals surface area contributed by atoms with E-state index in [-0.39, 0.29) is 0 Å². The molecule has 0 amide bonds. The van der Waals surface area contributed by atoms with Crippen LogP contribution in [0.15, 0.2) is 30.3 Å². The lowest BCUT2D eigenvalue weighted by Gasteiger charge is -2.36. The van der Waals surface area contributed by atoms with Crippen LogP contribution in [0.3, 0.4) is 0 Å². The number of hydrogen-bond acceptors (Lipinski definition) is 2. The Labute approximate surface area is 157 Å². The second-order valence-electron chi connectivity index (χ2n) is 9.24. The highest BCUT2D eigenvalue weighted by Crippen LogP contribution is 2.36. The summed E-state index contributed by atoms with van der Waals surface area (Å²) >= 11 is 2.07. The van der Waals surface area contributed by atoms with Crippen LogP contribution in [-0.4, -0.2) is 34.5 Å². The summed E-state index contributed by atoms with van der Waals surface area (Å²) in [5, 5.41) is 1.90. The molecule has 1 atom stereocenters. The SMILES string of the molecule is CC(CSCCO[Si](C)(C)C(C)(C)C)C[Si](C)(C)c1ccccc1. The maximum atomic E-state index is 6.27. The smallest absolute Gasteiger partial charge is 0.192 e. The molecule has 0 radical (unpaired) electrons. The third-order valence-corrected chi connectivity index (χ3v) is 14.7. The van der Waals surface area contributed by atoms with Gasteiger partial charge in [0.15, 0.2) is 8.32 Å². The molecule has 0 fully saturated rings. The monoisotopic (exact) mass is 382 g/mol. The standard InChI is InChI=1S/C20H38OSSi2/c1-18(17-23(5,6)19-12-10-9-11-13-19)16-22-15-14-21-24(7,8)20(2,3)4/h9-13,18H,14-17H2,1-8H3. The molecular formula is C20H38OSSi2. The lowest BCUT2D eigenvalue weighted by Crippen LogP contribution is -2.42. The van der Waals surface area contributed by atoms with Crippen LogP contribution in [0.5, 0.6) is 0 Å². The molecule has 0 bridgehead atoms. The molecule has 1 unspecified atom stereocenters. The molecule has 0 spiro atoms. The lowest BCUT2D eigenvalue weighted by molar-refractivity contribution is 0.311. The molecule has 1 nitrogen and oxygen atoms in total. The van der Waals surface area contributed by atoms with Gasteiger partial charge in [-0.1, -0.05) is 82.4 Å². The van der Waals surface area contributed by atoms with E-state index in [9.17, 15) is 0 Å². The van der Waals surface area contributed by atoms with E-state index in [4.69, 9.17) is 4.43 Å². The van der Waals surface area contributed by atoms with Gasteiger partial charge in [0, 0.05) is 12.4 Å². The fraction of sp³-hybridized carbons (Fsp3) is 0.700. The van der Waals surface area contributed by atoms with Crippen LogP contribution in [0.4, 0.5) is 0 Å². The first-order valence-corrected chi connectivity index (χ1v) is 16.5. The van der Waals surface area contributed by atoms with Crippen LogP contribution in [0.2, 0.25) is 37.3 Å². The van der Waals surface area contributed by atoms with Crippen molar-refractivity contribution in [3.8, 4) is 0 Å². The summed E-state index contributed by atoms with van der Waals surface area (Å²) < 4.78 is 6.27. The Morgan fingerprint density at radius 3 is 2.17 bits per heavy atom. The number of benzene rings is 1. The molecule has 24 heavy (non-hydrogen) atoms. The van der Waals surface area contributed by atoms with Gasteiger partial charge in [-0.25, -0.2) is 0 Å². The molecule has 1 aromatic rings. The van der Waals surface area contributed by atoms with E-state index in [1.165, 1.54) is 11.8 Å². The van der Waals surface area contributed by atoms with Crippen molar-refractivity contribution in [1.82, 2.24) is 0 Å². The Morgan fingerprint density at radius 2 is 1.62 bits per heavy atom. The zero-order valence-electron chi connectivity index (χ0n) is 17.1. The number of rotatable bonds is 9. The van der Waals surface area contributed by atoms with Crippen molar-refractivity contribution >= 4 is 33.3 Å². The molecule has 4 heteroatoms. The van der Waals surface area contributed by atoms with Gasteiger partial charge in [0.25, 0.3) is 0 Å². The molecule has 0 heterocycles. The topological polar surface area (TPSA) is 9.23 Å². The number of thioether (sulfide) groups is 1. The van der Waals surface area contributed by atoms with Crippen molar-refractivity contribution in [2.24, 2.45) is 5.92 Å². The van der Waals surface area contributed by atoms with Crippen LogP contribution >= 0.6 is 11.8 Å². The molecule has 0 aliphatic carbocycles. The van der Waals surface area contributed by atoms with Gasteiger partial charge in [0.05, 0.1) is 8.07 Å². The van der Waals surface area contributed by atoms with Gasteiger partial charge in [-0.15, -0.1) is 0 Å². The molecular weight excluding hydrogens is 344 g/mol. The second-order valence-corrected chi connectivity index (χ2v) is 20.0. The van der Waals surface area contributed by atoms with Crippen LogP contribution in [0, 0.1) is 5.92 Å². The van der Waals surface area contributed by atoms with Crippen molar-refractivity contribution < 1.29 is 4.43 Å². The summed E-state index contributed by atoms with van der Waals surface area (Å²) in [6.45, 7) is 19.9. The van der Waals surface area contributed by atoms with Crippen molar-refractivity contribution in [1.29, 1.82) is 0 Å². The fourth-order valence-corrected chi connectivity index (χ4v) is 8.30. The summed E-state index contributed by atoms with van der Waals surface area (Å²) in [6.07, 6.45) is 0. The molecule has 0 saturated heterocycles. The van der Waals surface area contributed by atoms with E-state index in [0.29, 0.717) is 5.04 Å². The molecule has 1 rings (SSSR count). The quantitative estimate of drug-likeness (QED) is 0.383. The largest absolute Gasteiger partial charge is 0.416 e. The maximum absolute atomic E-state index is 6.27. The van der Waals surface area contributed by atoms with E-state index in [1.807, 2.05) is 0 Å². The Bertz CT molecular complexity index is 480. The number of hydrogen-bond donors (Lipinski definition) is 0. The van der Waals surface area contributed by atoms with E-state index in [2.05, 4.69) is 96.0 Å². The van der Waals surface area contributed by atoms with Gasteiger partial charge in [-0.05, 0) is 29.8 Å². The van der Waals surface area contributed by atoms with E-state index in [0.717, 1.165) is 18.3 Å². The summed E-state index contributed by atoms with van der Waals surface area (Å²) in [6, 6.07) is 12.5. The highest BCUT2D eigenvalue weighted by atomic mass is 32.2. The average Bonchev–Trinajstić information content (AvgIpc) is 2.46. The van der Waals surface area contributed by atoms with E-state index < -0.39 is 16.4 Å². The van der Waals surface area contributed by atoms with Crippen LogP contribution in [0.25, 0.3) is 0 Å². The highest BCUT2D eigenvalue weighted by molar-refractivity contribution is 7.99. The van der Waals surface area contributed by atoms with E-state index >= 15 is 0 Å². The second kappa shape index (κ2) is 9.06. The maximum Gasteiger partial charge on any atom is 0.192 e. The summed E-state index contributed by atoms with van der Waals surface area (Å²) in [5.41, 5.74) is 0. The predicted octanol–water partition coefficient (Wildman–Crippen LogP) is 5.99. The fourth-order valence-electron chi connectivity index (χ4n) is 2.79. The Balaban J connectivity index is 2.31. The van der Waals surface area contributed by atoms with Crippen LogP contribution in [0.1, 0.15) is 27.7 Å². The minimum Gasteiger partial charge on any atom is -0.416 e. The first-order valence-electron chi connectivity index (χ1n) is 9.23. The third kappa shape index (κ3) is 7.06. The van der Waals surface area contributed by atoms with E-state index in [1.54, 1.807) is 5.19 Å². The van der Waals surface area contributed by atoms with Crippen LogP contribution < -0.4 is 5.19 Å². The zero-order chi connectivity index (χ0) is 18.4. The minimum atomic E-state index is -1.57. The van der Waals surface area contributed by atoms with Gasteiger partial charge in [0.1, 0.15) is 0 Å². The molecule has 1 aromatic carbocycles. The summed E-state index contributed by atoms with van der Waals surface area (Å²) in [5.74, 6) is 3.17. The van der Waals surface area contributed by atoms with Crippen molar-refractivity contribution in [3.63, 3.8) is 0 Å². The highest BCUT2D eigenvalue weighted by Gasteiger charge is 2.36. The van der Waals surface area contributed by atoms with Gasteiger partial charge < -0.3 is 4.43 Å². The first-order chi connectivity index (χ1) is 11.0. The third-order valence-electron chi connectivity index (χ3n) is 5.31. The average molecular weight is 383 g/mol. The van der Waals surface area contributed by atoms with Gasteiger partial charge in [-0.2, -0.15) is 11.8 Å². The van der Waals surface area contributed by atoms with Gasteiger partial charge in [-0.3, -0.25) is 0 Å². The molecule has 0 aliphatic heterocycles. The molecule has 0 aromatic heterocycles. The predicted molar refractivity (Wildman–Crippen MR) is 118 cm³/mol. The Hall–Kier alpha value is -0.0362. The molecule has 138 valence electrons. The normalized spacial score (nSPS) is 14.7. The summed E-state index contributed by atoms with van der Waals surface area (Å²) in [4.78, 5) is 0.